The van der Waals surface area contributed by atoms with Gasteiger partial charge in [-0.05, 0) is 32.1 Å². The van der Waals surface area contributed by atoms with Crippen LogP contribution in [0.4, 0.5) is 0 Å². The number of carbonyl (C=O) groups excluding carboxylic acids is 3. The number of carbonyl (C=O) groups is 5. The molecule has 12 heteroatoms. The fraction of sp³-hybridized carbons (Fsp3) is 0.722. The Labute approximate surface area is 173 Å². The molecule has 30 heavy (non-hydrogen) atoms. The number of aliphatic hydroxyl groups is 1. The van der Waals surface area contributed by atoms with Crippen LogP contribution in [0, 0.1) is 0 Å². The second-order valence-corrected chi connectivity index (χ2v) is 7.50. The van der Waals surface area contributed by atoms with Crippen LogP contribution >= 0.6 is 0 Å². The third-order valence-corrected chi connectivity index (χ3v) is 5.45. The molecule has 0 aromatic heterocycles. The van der Waals surface area contributed by atoms with Crippen LogP contribution in [0.3, 0.4) is 0 Å². The number of likely N-dealkylation sites (tertiary alicyclic amines) is 2. The highest BCUT2D eigenvalue weighted by Gasteiger charge is 2.43. The molecule has 168 valence electrons. The molecule has 6 N–H and O–H groups in total. The molecule has 2 heterocycles. The van der Waals surface area contributed by atoms with Crippen molar-refractivity contribution in [2.45, 2.75) is 62.7 Å². The van der Waals surface area contributed by atoms with Crippen LogP contribution in [0.2, 0.25) is 0 Å². The van der Waals surface area contributed by atoms with Gasteiger partial charge in [0.15, 0.2) is 0 Å². The summed E-state index contributed by atoms with van der Waals surface area (Å²) in [5.74, 6) is -4.11. The molecule has 2 saturated heterocycles. The summed E-state index contributed by atoms with van der Waals surface area (Å²) >= 11 is 0. The van der Waals surface area contributed by atoms with Gasteiger partial charge in [-0.15, -0.1) is 0 Å². The highest BCUT2D eigenvalue weighted by atomic mass is 16.4. The van der Waals surface area contributed by atoms with Gasteiger partial charge in [-0.2, -0.15) is 0 Å². The number of amides is 3. The van der Waals surface area contributed by atoms with Crippen LogP contribution in [0.25, 0.3) is 0 Å². The Bertz CT molecular complexity index is 700. The van der Waals surface area contributed by atoms with E-state index in [4.69, 9.17) is 10.8 Å². The Balaban J connectivity index is 2.03. The second-order valence-electron chi connectivity index (χ2n) is 7.50. The van der Waals surface area contributed by atoms with Crippen LogP contribution < -0.4 is 11.1 Å². The van der Waals surface area contributed by atoms with E-state index in [1.807, 2.05) is 0 Å². The highest BCUT2D eigenvalue weighted by Crippen LogP contribution is 2.25. The number of hydrogen-bond acceptors (Lipinski definition) is 7. The standard InChI is InChI=1S/C18H28N4O8/c19-10(5-6-14(24)25)15(26)20-11(9-23)16(27)21-7-1-3-12(21)17(28)22-8-2-4-13(22)18(29)30/h10-13,23H,1-9,19H2,(H,20,26)(H,24,25)(H,29,30)/t10-,11-,12-,13-/m0/s1. The molecule has 12 nitrogen and oxygen atoms in total. The molecule has 0 bridgehead atoms. The van der Waals surface area contributed by atoms with Crippen molar-refractivity contribution < 1.29 is 39.3 Å². The summed E-state index contributed by atoms with van der Waals surface area (Å²) in [5, 5.41) is 29.9. The van der Waals surface area contributed by atoms with Gasteiger partial charge >= 0.3 is 11.9 Å². The lowest BCUT2D eigenvalue weighted by Gasteiger charge is -2.32. The molecule has 0 unspecified atom stereocenters. The maximum Gasteiger partial charge on any atom is 0.326 e. The number of carboxylic acids is 2. The van der Waals surface area contributed by atoms with Crippen molar-refractivity contribution in [2.24, 2.45) is 5.73 Å². The number of aliphatic carboxylic acids is 2. The minimum atomic E-state index is -1.34. The molecular weight excluding hydrogens is 400 g/mol. The third-order valence-electron chi connectivity index (χ3n) is 5.45. The zero-order valence-electron chi connectivity index (χ0n) is 16.5. The van der Waals surface area contributed by atoms with E-state index in [1.165, 1.54) is 9.80 Å². The summed E-state index contributed by atoms with van der Waals surface area (Å²) < 4.78 is 0. The van der Waals surface area contributed by atoms with Crippen molar-refractivity contribution in [3.05, 3.63) is 0 Å². The highest BCUT2D eigenvalue weighted by molar-refractivity contribution is 5.94. The Morgan fingerprint density at radius 2 is 1.60 bits per heavy atom. The number of nitrogens with one attached hydrogen (secondary N) is 1. The van der Waals surface area contributed by atoms with E-state index in [0.29, 0.717) is 32.2 Å². The van der Waals surface area contributed by atoms with Gasteiger partial charge in [-0.3, -0.25) is 19.2 Å². The van der Waals surface area contributed by atoms with E-state index in [9.17, 15) is 34.2 Å². The van der Waals surface area contributed by atoms with E-state index in [1.54, 1.807) is 0 Å². The van der Waals surface area contributed by atoms with Gasteiger partial charge in [0.1, 0.15) is 18.1 Å². The number of nitrogens with two attached hydrogens (primary N) is 1. The topological polar surface area (TPSA) is 191 Å². The van der Waals surface area contributed by atoms with Crippen molar-refractivity contribution >= 4 is 29.7 Å². The molecule has 0 radical (unpaired) electrons. The van der Waals surface area contributed by atoms with Gasteiger partial charge in [0.05, 0.1) is 12.6 Å². The summed E-state index contributed by atoms with van der Waals surface area (Å²) in [6.07, 6.45) is 1.34. The van der Waals surface area contributed by atoms with Crippen molar-refractivity contribution in [1.82, 2.24) is 15.1 Å². The second kappa shape index (κ2) is 10.3. The SMILES string of the molecule is N[C@@H](CCC(=O)O)C(=O)N[C@@H](CO)C(=O)N1CCC[C@H]1C(=O)N1CCC[C@H]1C(=O)O. The molecule has 2 fully saturated rings. The Morgan fingerprint density at radius 1 is 1.00 bits per heavy atom. The van der Waals surface area contributed by atoms with Gasteiger partial charge in [0, 0.05) is 19.5 Å². The summed E-state index contributed by atoms with van der Waals surface area (Å²) in [4.78, 5) is 62.4. The Hall–Kier alpha value is -2.73. The largest absolute Gasteiger partial charge is 0.481 e. The smallest absolute Gasteiger partial charge is 0.326 e. The molecular formula is C18H28N4O8. The lowest BCUT2D eigenvalue weighted by Crippen LogP contribution is -2.57. The lowest BCUT2D eigenvalue weighted by molar-refractivity contribution is -0.152. The van der Waals surface area contributed by atoms with Gasteiger partial charge in [0.25, 0.3) is 0 Å². The molecule has 2 rings (SSSR count). The molecule has 0 spiro atoms. The Kier molecular flexibility index (Phi) is 8.12. The van der Waals surface area contributed by atoms with Crippen molar-refractivity contribution in [3.63, 3.8) is 0 Å². The number of hydrogen-bond donors (Lipinski definition) is 5. The van der Waals surface area contributed by atoms with Crippen molar-refractivity contribution in [2.75, 3.05) is 19.7 Å². The third kappa shape index (κ3) is 5.45. The number of aliphatic hydroxyl groups excluding tert-OH is 1. The van der Waals surface area contributed by atoms with Gasteiger partial charge < -0.3 is 36.2 Å². The molecule has 4 atom stereocenters. The zero-order chi connectivity index (χ0) is 22.4. The van der Waals surface area contributed by atoms with E-state index in [0.717, 1.165) is 0 Å². The van der Waals surface area contributed by atoms with Crippen LogP contribution in [0.1, 0.15) is 38.5 Å². The maximum atomic E-state index is 12.9. The van der Waals surface area contributed by atoms with Crippen molar-refractivity contribution in [1.29, 1.82) is 0 Å². The molecule has 0 aromatic rings. The van der Waals surface area contributed by atoms with E-state index < -0.39 is 60.4 Å². The molecule has 2 aliphatic heterocycles. The van der Waals surface area contributed by atoms with Crippen molar-refractivity contribution in [3.8, 4) is 0 Å². The fourth-order valence-corrected chi connectivity index (χ4v) is 3.84. The summed E-state index contributed by atoms with van der Waals surface area (Å²) in [6.45, 7) is -0.194. The summed E-state index contributed by atoms with van der Waals surface area (Å²) in [5.41, 5.74) is 5.63. The summed E-state index contributed by atoms with van der Waals surface area (Å²) in [6, 6.07) is -4.28. The predicted molar refractivity (Wildman–Crippen MR) is 101 cm³/mol. The zero-order valence-corrected chi connectivity index (χ0v) is 16.5. The van der Waals surface area contributed by atoms with Gasteiger partial charge in [0.2, 0.25) is 17.7 Å². The minimum absolute atomic E-state index is 0.135. The van der Waals surface area contributed by atoms with E-state index >= 15 is 0 Å². The molecule has 0 saturated carbocycles. The number of nitrogens with zero attached hydrogens (tertiary/aromatic N) is 2. The predicted octanol–water partition coefficient (Wildman–Crippen LogP) is -2.28. The first-order valence-corrected chi connectivity index (χ1v) is 9.89. The molecule has 0 aliphatic carbocycles. The summed E-state index contributed by atoms with van der Waals surface area (Å²) in [7, 11) is 0. The number of carboxylic acid groups (broad SMARTS) is 2. The van der Waals surface area contributed by atoms with E-state index in [-0.39, 0.29) is 19.4 Å². The Morgan fingerprint density at radius 3 is 2.17 bits per heavy atom. The van der Waals surface area contributed by atoms with Crippen LogP contribution in [0.5, 0.6) is 0 Å². The molecule has 2 aliphatic rings. The van der Waals surface area contributed by atoms with Crippen LogP contribution in [0.15, 0.2) is 0 Å². The first-order valence-electron chi connectivity index (χ1n) is 9.89. The quantitative estimate of drug-likeness (QED) is 0.269. The number of rotatable bonds is 9. The van der Waals surface area contributed by atoms with Crippen LogP contribution in [-0.4, -0.2) is 98.6 Å². The average Bonchev–Trinajstić information content (AvgIpc) is 3.38. The van der Waals surface area contributed by atoms with Crippen LogP contribution in [-0.2, 0) is 24.0 Å². The first kappa shape index (κ1) is 23.5. The normalized spacial score (nSPS) is 23.1. The average molecular weight is 428 g/mol. The van der Waals surface area contributed by atoms with Gasteiger partial charge in [-0.25, -0.2) is 4.79 Å². The fourth-order valence-electron chi connectivity index (χ4n) is 3.84. The monoisotopic (exact) mass is 428 g/mol. The van der Waals surface area contributed by atoms with E-state index in [2.05, 4.69) is 5.32 Å². The lowest BCUT2D eigenvalue weighted by atomic mass is 10.1. The minimum Gasteiger partial charge on any atom is -0.481 e. The first-order chi connectivity index (χ1) is 14.2. The molecule has 3 amide bonds. The molecule has 0 aromatic carbocycles. The maximum absolute atomic E-state index is 12.9. The van der Waals surface area contributed by atoms with Gasteiger partial charge in [-0.1, -0.05) is 0 Å².